The highest BCUT2D eigenvalue weighted by Gasteiger charge is 2.37. The van der Waals surface area contributed by atoms with Crippen LogP contribution in [0.4, 0.5) is 0 Å². The zero-order valence-electron chi connectivity index (χ0n) is 19.5. The predicted molar refractivity (Wildman–Crippen MR) is 122 cm³/mol. The molecule has 0 spiro atoms. The number of methoxy groups -OCH3 is 1. The minimum Gasteiger partial charge on any atom is -0.417 e. The van der Waals surface area contributed by atoms with Gasteiger partial charge in [0, 0.05) is 25.5 Å². The molecule has 0 radical (unpaired) electrons. The largest absolute Gasteiger partial charge is 0.417 e. The van der Waals surface area contributed by atoms with Crippen LogP contribution in [0.25, 0.3) is 0 Å². The van der Waals surface area contributed by atoms with Gasteiger partial charge in [0.15, 0.2) is 8.32 Å². The molecule has 2 N–H and O–H groups in total. The molecular weight excluding hydrogens is 368 g/mol. The first-order valence-electron chi connectivity index (χ1n) is 10.3. The van der Waals surface area contributed by atoms with Crippen molar-refractivity contribution in [2.75, 3.05) is 27.0 Å². The quantitative estimate of drug-likeness (QED) is 0.297. The molecule has 7 heteroatoms. The average molecular weight is 411 g/mol. The summed E-state index contributed by atoms with van der Waals surface area (Å²) in [5.41, 5.74) is 2.95. The van der Waals surface area contributed by atoms with E-state index in [1.165, 1.54) is 5.70 Å². The fourth-order valence-electron chi connectivity index (χ4n) is 3.07. The van der Waals surface area contributed by atoms with Crippen molar-refractivity contribution in [1.29, 1.82) is 5.41 Å². The van der Waals surface area contributed by atoms with E-state index < -0.39 is 8.32 Å². The van der Waals surface area contributed by atoms with Crippen LogP contribution in [0.15, 0.2) is 16.4 Å². The van der Waals surface area contributed by atoms with E-state index in [0.717, 1.165) is 43.9 Å². The van der Waals surface area contributed by atoms with Gasteiger partial charge >= 0.3 is 0 Å². The Balaban J connectivity index is 2.60. The van der Waals surface area contributed by atoms with Crippen molar-refractivity contribution in [3.8, 4) is 0 Å². The first-order chi connectivity index (χ1) is 12.9. The lowest BCUT2D eigenvalue weighted by Crippen LogP contribution is -2.41. The fourth-order valence-corrected chi connectivity index (χ4v) is 4.21. The standard InChI is InChI=1S/C21H42N4O2Si/c1-16(12-27-28(8,9)21(4,5)6)10-11-17(2)25-15-24-20(18(25)3)19(13-26-7)23-14-22/h14,16-17,22,24H,10-13,15H2,1-9H3/t16-,17?/m0/s1. The lowest BCUT2D eigenvalue weighted by molar-refractivity contribution is 0.208. The van der Waals surface area contributed by atoms with Gasteiger partial charge in [0.1, 0.15) is 6.34 Å². The molecule has 2 atom stereocenters. The van der Waals surface area contributed by atoms with E-state index in [-0.39, 0.29) is 5.04 Å². The van der Waals surface area contributed by atoms with Gasteiger partial charge in [0.05, 0.1) is 24.7 Å². The van der Waals surface area contributed by atoms with Gasteiger partial charge in [-0.05, 0) is 50.7 Å². The van der Waals surface area contributed by atoms with Crippen LogP contribution in [-0.4, -0.2) is 58.3 Å². The van der Waals surface area contributed by atoms with Crippen molar-refractivity contribution in [2.24, 2.45) is 10.9 Å². The Kier molecular flexibility index (Phi) is 9.37. The lowest BCUT2D eigenvalue weighted by Gasteiger charge is -2.37. The molecule has 1 aliphatic heterocycles. The maximum Gasteiger partial charge on any atom is 0.191 e. The maximum absolute atomic E-state index is 7.27. The highest BCUT2D eigenvalue weighted by molar-refractivity contribution is 6.74. The molecule has 1 aliphatic rings. The van der Waals surface area contributed by atoms with Crippen molar-refractivity contribution in [1.82, 2.24) is 10.2 Å². The van der Waals surface area contributed by atoms with Gasteiger partial charge in [0.25, 0.3) is 0 Å². The molecule has 0 aromatic rings. The van der Waals surface area contributed by atoms with Crippen molar-refractivity contribution in [3.63, 3.8) is 0 Å². The smallest absolute Gasteiger partial charge is 0.191 e. The molecule has 0 saturated carbocycles. The Morgan fingerprint density at radius 1 is 1.32 bits per heavy atom. The van der Waals surface area contributed by atoms with Crippen LogP contribution in [0, 0.1) is 11.3 Å². The van der Waals surface area contributed by atoms with Crippen LogP contribution in [-0.2, 0) is 9.16 Å². The monoisotopic (exact) mass is 410 g/mol. The number of aliphatic imine (C=N–C) groups is 1. The summed E-state index contributed by atoms with van der Waals surface area (Å²) in [4.78, 5) is 6.54. The predicted octanol–water partition coefficient (Wildman–Crippen LogP) is 4.60. The zero-order valence-corrected chi connectivity index (χ0v) is 20.5. The highest BCUT2D eigenvalue weighted by Crippen LogP contribution is 2.37. The second-order valence-corrected chi connectivity index (χ2v) is 14.3. The van der Waals surface area contributed by atoms with Crippen LogP contribution in [0.5, 0.6) is 0 Å². The number of nitrogens with zero attached hydrogens (tertiary/aromatic N) is 2. The molecular formula is C21H42N4O2Si. The van der Waals surface area contributed by atoms with E-state index in [1.807, 2.05) is 0 Å². The number of nitrogens with one attached hydrogen (secondary N) is 2. The van der Waals surface area contributed by atoms with Crippen LogP contribution < -0.4 is 5.32 Å². The van der Waals surface area contributed by atoms with Gasteiger partial charge in [-0.2, -0.15) is 0 Å². The van der Waals surface area contributed by atoms with Gasteiger partial charge < -0.3 is 19.4 Å². The summed E-state index contributed by atoms with van der Waals surface area (Å²) >= 11 is 0. The molecule has 1 unspecified atom stereocenters. The normalized spacial score (nSPS) is 18.3. The lowest BCUT2D eigenvalue weighted by atomic mass is 10.0. The highest BCUT2D eigenvalue weighted by atomic mass is 28.4. The van der Waals surface area contributed by atoms with E-state index >= 15 is 0 Å². The van der Waals surface area contributed by atoms with E-state index in [2.05, 4.69) is 69.8 Å². The van der Waals surface area contributed by atoms with Crippen LogP contribution in [0.2, 0.25) is 18.1 Å². The second-order valence-electron chi connectivity index (χ2n) is 9.51. The van der Waals surface area contributed by atoms with Crippen LogP contribution in [0.1, 0.15) is 54.4 Å². The topological polar surface area (TPSA) is 69.9 Å². The Bertz CT molecular complexity index is 581. The Morgan fingerprint density at radius 3 is 2.50 bits per heavy atom. The van der Waals surface area contributed by atoms with Crippen molar-refractivity contribution >= 4 is 20.4 Å². The first-order valence-corrected chi connectivity index (χ1v) is 13.3. The maximum atomic E-state index is 7.27. The van der Waals surface area contributed by atoms with Gasteiger partial charge in [-0.3, -0.25) is 5.41 Å². The minimum atomic E-state index is -1.67. The summed E-state index contributed by atoms with van der Waals surface area (Å²) in [6.45, 7) is 20.2. The molecule has 6 nitrogen and oxygen atoms in total. The molecule has 1 heterocycles. The molecule has 1 rings (SSSR count). The van der Waals surface area contributed by atoms with Crippen molar-refractivity contribution in [2.45, 2.75) is 78.6 Å². The molecule has 0 aromatic heterocycles. The summed E-state index contributed by atoms with van der Waals surface area (Å²) < 4.78 is 11.6. The molecule has 162 valence electrons. The molecule has 0 amide bonds. The van der Waals surface area contributed by atoms with E-state index in [4.69, 9.17) is 14.6 Å². The molecule has 0 aromatic carbocycles. The average Bonchev–Trinajstić information content (AvgIpc) is 2.98. The third kappa shape index (κ3) is 6.71. The molecule has 0 aliphatic carbocycles. The second kappa shape index (κ2) is 10.6. The van der Waals surface area contributed by atoms with E-state index in [9.17, 15) is 0 Å². The van der Waals surface area contributed by atoms with Crippen molar-refractivity contribution in [3.05, 3.63) is 11.4 Å². The van der Waals surface area contributed by atoms with Gasteiger partial charge in [-0.15, -0.1) is 0 Å². The third-order valence-electron chi connectivity index (χ3n) is 6.15. The van der Waals surface area contributed by atoms with Gasteiger partial charge in [0.2, 0.25) is 0 Å². The molecule has 0 bridgehead atoms. The number of hydrogen-bond acceptors (Lipinski definition) is 5. The summed E-state index contributed by atoms with van der Waals surface area (Å²) in [6.07, 6.45) is 3.34. The summed E-state index contributed by atoms with van der Waals surface area (Å²) in [5.74, 6) is 0.555. The minimum absolute atomic E-state index is 0.261. The Hall–Kier alpha value is -1.18. The summed E-state index contributed by atoms with van der Waals surface area (Å²) in [7, 11) is -0.0185. The zero-order chi connectivity index (χ0) is 21.5. The number of rotatable bonds is 11. The van der Waals surface area contributed by atoms with Crippen molar-refractivity contribution < 1.29 is 9.16 Å². The van der Waals surface area contributed by atoms with Gasteiger partial charge in [-0.25, -0.2) is 4.99 Å². The van der Waals surface area contributed by atoms with E-state index in [1.54, 1.807) is 7.11 Å². The summed E-state index contributed by atoms with van der Waals surface area (Å²) in [5, 5.41) is 11.0. The summed E-state index contributed by atoms with van der Waals surface area (Å²) in [6, 6.07) is 0.434. The number of allylic oxidation sites excluding steroid dienone is 1. The van der Waals surface area contributed by atoms with Gasteiger partial charge in [-0.1, -0.05) is 27.7 Å². The van der Waals surface area contributed by atoms with Crippen LogP contribution in [0.3, 0.4) is 0 Å². The number of hydrogen-bond donors (Lipinski definition) is 2. The molecule has 0 saturated heterocycles. The SMILES string of the molecule is COCC(=NC=N)C1=C(C)N(C(C)CC[C@H](C)CO[Si](C)(C)C(C)(C)C)CN1. The third-order valence-corrected chi connectivity index (χ3v) is 10.7. The molecule has 28 heavy (non-hydrogen) atoms. The first kappa shape index (κ1) is 24.9. The Labute approximate surface area is 173 Å². The fraction of sp³-hybridized carbons (Fsp3) is 0.810. The molecule has 0 fully saturated rings. The number of ether oxygens (including phenoxy) is 1. The Morgan fingerprint density at radius 2 is 1.96 bits per heavy atom. The van der Waals surface area contributed by atoms with Crippen LogP contribution >= 0.6 is 0 Å². The van der Waals surface area contributed by atoms with E-state index in [0.29, 0.717) is 18.6 Å².